The Bertz CT molecular complexity index is 210. The van der Waals surface area contributed by atoms with E-state index in [1.807, 2.05) is 0 Å². The molecule has 0 spiro atoms. The first kappa shape index (κ1) is 19.8. The summed E-state index contributed by atoms with van der Waals surface area (Å²) in [5, 5.41) is 0. The molecule has 6 heteroatoms. The molecule has 20 heavy (non-hydrogen) atoms. The molecule has 1 heterocycles. The first-order valence-electron chi connectivity index (χ1n) is 7.42. The fraction of sp³-hybridized carbons (Fsp3) is 1.00. The molecule has 0 aromatic heterocycles. The Morgan fingerprint density at radius 2 is 1.25 bits per heavy atom. The number of hydrogen-bond acceptors (Lipinski definition) is 6. The van der Waals surface area contributed by atoms with E-state index in [1.54, 1.807) is 0 Å². The Kier molecular flexibility index (Phi) is 13.0. The van der Waals surface area contributed by atoms with Crippen molar-refractivity contribution in [1.82, 2.24) is 0 Å². The van der Waals surface area contributed by atoms with Crippen molar-refractivity contribution in [2.45, 2.75) is 24.5 Å². The second-order valence-corrected chi connectivity index (χ2v) is 11.6. The van der Waals surface area contributed by atoms with Crippen LogP contribution in [-0.4, -0.2) is 63.1 Å². The Morgan fingerprint density at radius 3 is 1.85 bits per heavy atom. The van der Waals surface area contributed by atoms with Crippen LogP contribution in [0.3, 0.4) is 0 Å². The monoisotopic (exact) mass is 371 g/mol. The van der Waals surface area contributed by atoms with E-state index in [-0.39, 0.29) is 4.75 Å². The Morgan fingerprint density at radius 1 is 0.750 bits per heavy atom. The first-order chi connectivity index (χ1) is 9.77. The lowest BCUT2D eigenvalue weighted by Crippen LogP contribution is -2.34. The summed E-state index contributed by atoms with van der Waals surface area (Å²) in [5.74, 6) is 11.7. The zero-order valence-electron chi connectivity index (χ0n) is 12.6. The summed E-state index contributed by atoms with van der Waals surface area (Å²) < 4.78 is 0.284. The average Bonchev–Trinajstić information content (AvgIpc) is 2.46. The molecule has 1 atom stereocenters. The van der Waals surface area contributed by atoms with Gasteiger partial charge in [0.15, 0.2) is 0 Å². The van der Waals surface area contributed by atoms with Crippen LogP contribution in [0.1, 0.15) is 19.8 Å². The van der Waals surface area contributed by atoms with Gasteiger partial charge in [0.1, 0.15) is 0 Å². The van der Waals surface area contributed by atoms with E-state index in [1.165, 1.54) is 64.6 Å². The minimum absolute atomic E-state index is 0.284. The van der Waals surface area contributed by atoms with Gasteiger partial charge in [0.2, 0.25) is 0 Å². The molecule has 1 saturated heterocycles. The van der Waals surface area contributed by atoms with Crippen LogP contribution in [0.5, 0.6) is 0 Å². The van der Waals surface area contributed by atoms with Crippen LogP contribution in [0.25, 0.3) is 0 Å². The van der Waals surface area contributed by atoms with E-state index in [4.69, 9.17) is 5.73 Å². The molecular formula is C14H29NS5. The van der Waals surface area contributed by atoms with Gasteiger partial charge >= 0.3 is 0 Å². The zero-order chi connectivity index (χ0) is 14.5. The van der Waals surface area contributed by atoms with Crippen molar-refractivity contribution in [3.8, 4) is 0 Å². The lowest BCUT2D eigenvalue weighted by atomic mass is 10.2. The first-order valence-corrected chi connectivity index (χ1v) is 13.0. The van der Waals surface area contributed by atoms with Crippen molar-refractivity contribution in [2.75, 3.05) is 58.3 Å². The van der Waals surface area contributed by atoms with Gasteiger partial charge in [-0.2, -0.15) is 58.8 Å². The van der Waals surface area contributed by atoms with Gasteiger partial charge in [-0.3, -0.25) is 0 Å². The molecule has 1 nitrogen and oxygen atoms in total. The highest BCUT2D eigenvalue weighted by molar-refractivity contribution is 8.05. The highest BCUT2D eigenvalue weighted by Crippen LogP contribution is 2.29. The van der Waals surface area contributed by atoms with Crippen LogP contribution < -0.4 is 5.73 Å². The fourth-order valence-corrected chi connectivity index (χ4v) is 7.82. The van der Waals surface area contributed by atoms with E-state index < -0.39 is 0 Å². The summed E-state index contributed by atoms with van der Waals surface area (Å²) in [6.45, 7) is 3.15. The molecule has 1 rings (SSSR count). The Hall–Kier alpha value is 1.71. The Balaban J connectivity index is 2.27. The van der Waals surface area contributed by atoms with Crippen LogP contribution in [0, 0.1) is 0 Å². The minimum atomic E-state index is 0.284. The summed E-state index contributed by atoms with van der Waals surface area (Å²) >= 11 is 10.6. The van der Waals surface area contributed by atoms with E-state index in [2.05, 4.69) is 65.7 Å². The molecule has 1 aliphatic rings. The maximum atomic E-state index is 5.99. The van der Waals surface area contributed by atoms with Gasteiger partial charge in [0, 0.05) is 40.1 Å². The quantitative estimate of drug-likeness (QED) is 0.743. The smallest absolute Gasteiger partial charge is 0.0344 e. The number of hydrogen-bond donors (Lipinski definition) is 1. The van der Waals surface area contributed by atoms with Crippen LogP contribution in [-0.2, 0) is 0 Å². The third kappa shape index (κ3) is 10.4. The zero-order valence-corrected chi connectivity index (χ0v) is 16.7. The van der Waals surface area contributed by atoms with E-state index in [0.29, 0.717) is 0 Å². The summed E-state index contributed by atoms with van der Waals surface area (Å²) in [6, 6.07) is 0. The molecular weight excluding hydrogens is 342 g/mol. The van der Waals surface area contributed by atoms with Crippen molar-refractivity contribution in [3.05, 3.63) is 0 Å². The standard InChI is InChI=1S/C14H29NS5/c1-14(12-15)13-19-6-2-4-16-8-10-18-11-9-17-5-3-7-20-14/h2-13,15H2,1H3. The summed E-state index contributed by atoms with van der Waals surface area (Å²) in [7, 11) is 0. The highest BCUT2D eigenvalue weighted by Gasteiger charge is 2.22. The number of rotatable bonds is 1. The number of nitrogens with two attached hydrogens (primary N) is 1. The molecule has 0 amide bonds. The molecule has 1 unspecified atom stereocenters. The molecule has 0 aliphatic carbocycles. The lowest BCUT2D eigenvalue weighted by Gasteiger charge is -2.27. The van der Waals surface area contributed by atoms with E-state index >= 15 is 0 Å². The van der Waals surface area contributed by atoms with Gasteiger partial charge in [-0.05, 0) is 42.8 Å². The molecule has 0 aromatic rings. The maximum Gasteiger partial charge on any atom is 0.0344 e. The van der Waals surface area contributed by atoms with Gasteiger partial charge < -0.3 is 5.73 Å². The average molecular weight is 372 g/mol. The molecule has 0 radical (unpaired) electrons. The van der Waals surface area contributed by atoms with Crippen molar-refractivity contribution in [3.63, 3.8) is 0 Å². The van der Waals surface area contributed by atoms with Gasteiger partial charge in [-0.1, -0.05) is 0 Å². The fourth-order valence-electron chi connectivity index (χ4n) is 1.73. The van der Waals surface area contributed by atoms with E-state index in [0.717, 1.165) is 6.54 Å². The van der Waals surface area contributed by atoms with Crippen molar-refractivity contribution in [2.24, 2.45) is 5.73 Å². The predicted octanol–water partition coefficient (Wildman–Crippen LogP) is 4.16. The predicted molar refractivity (Wildman–Crippen MR) is 108 cm³/mol. The third-order valence-corrected chi connectivity index (χ3v) is 9.79. The molecule has 120 valence electrons. The molecule has 2 N–H and O–H groups in total. The van der Waals surface area contributed by atoms with Crippen molar-refractivity contribution >= 4 is 58.8 Å². The van der Waals surface area contributed by atoms with Crippen LogP contribution in [0.4, 0.5) is 0 Å². The molecule has 0 bridgehead atoms. The third-order valence-electron chi connectivity index (χ3n) is 3.04. The summed E-state index contributed by atoms with van der Waals surface area (Å²) in [4.78, 5) is 0. The molecule has 1 aliphatic heterocycles. The lowest BCUT2D eigenvalue weighted by molar-refractivity contribution is 0.732. The molecule has 1 fully saturated rings. The Labute approximate surface area is 146 Å². The molecule has 0 aromatic carbocycles. The van der Waals surface area contributed by atoms with Crippen LogP contribution in [0.15, 0.2) is 0 Å². The largest absolute Gasteiger partial charge is 0.329 e. The summed E-state index contributed by atoms with van der Waals surface area (Å²) in [6.07, 6.45) is 2.68. The minimum Gasteiger partial charge on any atom is -0.329 e. The number of thioether (sulfide) groups is 5. The highest BCUT2D eigenvalue weighted by atomic mass is 32.2. The van der Waals surface area contributed by atoms with Gasteiger partial charge in [-0.25, -0.2) is 0 Å². The van der Waals surface area contributed by atoms with Crippen molar-refractivity contribution in [1.29, 1.82) is 0 Å². The van der Waals surface area contributed by atoms with Crippen LogP contribution >= 0.6 is 58.8 Å². The normalized spacial score (nSPS) is 29.7. The summed E-state index contributed by atoms with van der Waals surface area (Å²) in [5.41, 5.74) is 5.99. The van der Waals surface area contributed by atoms with E-state index in [9.17, 15) is 0 Å². The SMILES string of the molecule is CC1(CN)CSCCCSCCSCCSCCCS1. The van der Waals surface area contributed by atoms with Gasteiger partial charge in [0.05, 0.1) is 0 Å². The van der Waals surface area contributed by atoms with Gasteiger partial charge in [0.25, 0.3) is 0 Å². The van der Waals surface area contributed by atoms with Crippen molar-refractivity contribution < 1.29 is 0 Å². The van der Waals surface area contributed by atoms with Gasteiger partial charge in [-0.15, -0.1) is 0 Å². The second kappa shape index (κ2) is 13.2. The molecule has 0 saturated carbocycles. The van der Waals surface area contributed by atoms with Crippen LogP contribution in [0.2, 0.25) is 0 Å². The topological polar surface area (TPSA) is 26.0 Å². The second-order valence-electron chi connectivity index (χ2n) is 5.10. The maximum absolute atomic E-state index is 5.99.